The Morgan fingerprint density at radius 2 is 1.89 bits per heavy atom. The molecule has 1 unspecified atom stereocenters. The number of ketones is 1. The van der Waals surface area contributed by atoms with Crippen LogP contribution in [0.3, 0.4) is 0 Å². The number of hydrogen-bond acceptors (Lipinski definition) is 9. The minimum Gasteiger partial charge on any atom is -0.469 e. The first kappa shape index (κ1) is 25.1. The minimum atomic E-state index is -1.40. The second kappa shape index (κ2) is 7.74. The lowest BCUT2D eigenvalue weighted by atomic mass is 9.41. The van der Waals surface area contributed by atoms with Crippen LogP contribution in [0.15, 0.2) is 23.8 Å². The molecule has 5 rings (SSSR count). The topological polar surface area (TPSA) is 125 Å². The van der Waals surface area contributed by atoms with Crippen molar-refractivity contribution in [2.75, 3.05) is 7.11 Å². The number of rotatable bonds is 3. The van der Waals surface area contributed by atoms with E-state index in [0.717, 1.165) is 5.57 Å². The molecule has 0 aromatic carbocycles. The van der Waals surface area contributed by atoms with E-state index in [9.17, 15) is 24.3 Å². The number of cyclic esters (lactones) is 2. The van der Waals surface area contributed by atoms with E-state index >= 15 is 0 Å². The molecule has 3 aliphatic heterocycles. The largest absolute Gasteiger partial charge is 0.469 e. The van der Waals surface area contributed by atoms with Gasteiger partial charge < -0.3 is 24.1 Å². The first-order valence-electron chi connectivity index (χ1n) is 12.5. The molecule has 0 radical (unpaired) electrons. The number of methoxy groups -OCH3 is 1. The van der Waals surface area contributed by atoms with E-state index in [1.165, 1.54) is 13.2 Å². The molecule has 36 heavy (non-hydrogen) atoms. The summed E-state index contributed by atoms with van der Waals surface area (Å²) in [6, 6.07) is 0. The Balaban J connectivity index is 1.62. The number of carbonyl (C=O) groups excluding carboxylic acids is 4. The zero-order valence-electron chi connectivity index (χ0n) is 21.4. The third-order valence-corrected chi connectivity index (χ3v) is 10.2. The van der Waals surface area contributed by atoms with Crippen LogP contribution in [0.1, 0.15) is 59.8 Å². The van der Waals surface area contributed by atoms with Gasteiger partial charge in [-0.05, 0) is 36.3 Å². The molecule has 9 nitrogen and oxygen atoms in total. The highest BCUT2D eigenvalue weighted by Gasteiger charge is 2.74. The van der Waals surface area contributed by atoms with Crippen molar-refractivity contribution in [2.24, 2.45) is 28.1 Å². The number of aliphatic hydroxyl groups excluding tert-OH is 1. The number of ether oxygens (including phenoxy) is 4. The maximum Gasteiger partial charge on any atom is 0.340 e. The first-order valence-corrected chi connectivity index (χ1v) is 12.5. The molecular weight excluding hydrogens is 468 g/mol. The molecule has 8 atom stereocenters. The van der Waals surface area contributed by atoms with Gasteiger partial charge in [-0.2, -0.15) is 0 Å². The predicted octanol–water partition coefficient (Wildman–Crippen LogP) is 2.40. The van der Waals surface area contributed by atoms with Crippen LogP contribution in [-0.4, -0.2) is 60.0 Å². The molecule has 4 fully saturated rings. The Morgan fingerprint density at radius 1 is 1.19 bits per heavy atom. The van der Waals surface area contributed by atoms with Crippen LogP contribution in [0.4, 0.5) is 0 Å². The SMILES string of the molecule is C=C1[C@@H]2CC[C@@]3(C)[C@H](C4=CC(O)OC4=O)OC(=O)C[C@]13O[C@H]1CC(=O)C(C)(C)[C@H](CC(=O)OC)[C@]12C. The highest BCUT2D eigenvalue weighted by Crippen LogP contribution is 2.70. The molecule has 2 saturated heterocycles. The van der Waals surface area contributed by atoms with Crippen molar-refractivity contribution in [2.45, 2.75) is 83.9 Å². The van der Waals surface area contributed by atoms with Crippen LogP contribution >= 0.6 is 0 Å². The van der Waals surface area contributed by atoms with E-state index < -0.39 is 52.3 Å². The lowest BCUT2D eigenvalue weighted by Crippen LogP contribution is -2.74. The summed E-state index contributed by atoms with van der Waals surface area (Å²) >= 11 is 0. The highest BCUT2D eigenvalue weighted by atomic mass is 16.6. The fraction of sp³-hybridized carbons (Fsp3) is 0.704. The smallest absolute Gasteiger partial charge is 0.340 e. The molecule has 0 amide bonds. The van der Waals surface area contributed by atoms with Crippen molar-refractivity contribution in [3.63, 3.8) is 0 Å². The van der Waals surface area contributed by atoms with Crippen molar-refractivity contribution in [3.05, 3.63) is 23.8 Å². The van der Waals surface area contributed by atoms with Crippen LogP contribution in [0.5, 0.6) is 0 Å². The highest BCUT2D eigenvalue weighted by molar-refractivity contribution is 5.93. The van der Waals surface area contributed by atoms with Gasteiger partial charge in [0.05, 0.1) is 25.2 Å². The quantitative estimate of drug-likeness (QED) is 0.352. The van der Waals surface area contributed by atoms with Crippen molar-refractivity contribution < 1.29 is 43.2 Å². The van der Waals surface area contributed by atoms with Gasteiger partial charge in [0, 0.05) is 29.1 Å². The predicted molar refractivity (Wildman–Crippen MR) is 124 cm³/mol. The maximum atomic E-state index is 13.4. The van der Waals surface area contributed by atoms with E-state index in [4.69, 9.17) is 18.9 Å². The van der Waals surface area contributed by atoms with Gasteiger partial charge in [-0.25, -0.2) is 4.79 Å². The number of carbonyl (C=O) groups is 4. The lowest BCUT2D eigenvalue weighted by molar-refractivity contribution is -0.293. The van der Waals surface area contributed by atoms with Gasteiger partial charge in [0.25, 0.3) is 0 Å². The number of Topliss-reactive ketones (excluding diaryl/α,β-unsaturated/α-hetero) is 1. The van der Waals surface area contributed by atoms with E-state index in [0.29, 0.717) is 12.8 Å². The van der Waals surface area contributed by atoms with E-state index in [2.05, 4.69) is 13.5 Å². The fourth-order valence-corrected chi connectivity index (χ4v) is 8.06. The van der Waals surface area contributed by atoms with Gasteiger partial charge in [0.1, 0.15) is 17.5 Å². The summed E-state index contributed by atoms with van der Waals surface area (Å²) in [6.07, 6.45) is -0.383. The third-order valence-electron chi connectivity index (χ3n) is 10.2. The Labute approximate surface area is 210 Å². The zero-order valence-corrected chi connectivity index (χ0v) is 21.4. The van der Waals surface area contributed by atoms with Crippen LogP contribution in [0, 0.1) is 28.1 Å². The maximum absolute atomic E-state index is 13.4. The van der Waals surface area contributed by atoms with Gasteiger partial charge in [-0.15, -0.1) is 0 Å². The standard InChI is InChI=1S/C27H34O9/c1-13-15-7-8-25(4)22(14-9-20(30)35-23(14)32)34-21(31)12-27(13,25)36-18-11-17(28)24(2,3)16(26(15,18)5)10-19(29)33-6/h9,15-16,18,20,22,30H,1,7-8,10-12H2,2-6H3/t15-,16-,18-,20?,22-,25-,26+,27-/m0/s1. The molecule has 2 aliphatic carbocycles. The molecule has 2 bridgehead atoms. The molecular formula is C27H34O9. The van der Waals surface area contributed by atoms with Crippen LogP contribution in [-0.2, 0) is 38.1 Å². The molecule has 2 saturated carbocycles. The molecule has 0 aromatic rings. The molecule has 3 heterocycles. The summed E-state index contributed by atoms with van der Waals surface area (Å²) in [7, 11) is 1.34. The number of hydrogen-bond donors (Lipinski definition) is 1. The van der Waals surface area contributed by atoms with Crippen molar-refractivity contribution in [1.29, 1.82) is 0 Å². The molecule has 1 N–H and O–H groups in total. The molecule has 0 aromatic heterocycles. The van der Waals surface area contributed by atoms with E-state index in [1.807, 2.05) is 20.8 Å². The third kappa shape index (κ3) is 3.02. The average molecular weight is 503 g/mol. The molecule has 5 aliphatic rings. The summed E-state index contributed by atoms with van der Waals surface area (Å²) < 4.78 is 22.5. The average Bonchev–Trinajstić information content (AvgIpc) is 3.13. The van der Waals surface area contributed by atoms with Gasteiger partial charge >= 0.3 is 17.9 Å². The van der Waals surface area contributed by atoms with E-state index in [1.54, 1.807) is 0 Å². The van der Waals surface area contributed by atoms with Crippen molar-refractivity contribution >= 4 is 23.7 Å². The Morgan fingerprint density at radius 3 is 2.50 bits per heavy atom. The lowest BCUT2D eigenvalue weighted by Gasteiger charge is -2.70. The van der Waals surface area contributed by atoms with Gasteiger partial charge in [0.15, 0.2) is 0 Å². The van der Waals surface area contributed by atoms with Gasteiger partial charge in [0.2, 0.25) is 6.29 Å². The molecule has 1 spiro atoms. The summed E-state index contributed by atoms with van der Waals surface area (Å²) in [4.78, 5) is 51.4. The van der Waals surface area contributed by atoms with Crippen molar-refractivity contribution in [1.82, 2.24) is 0 Å². The minimum absolute atomic E-state index is 0.0114. The van der Waals surface area contributed by atoms with Gasteiger partial charge in [-0.3, -0.25) is 14.4 Å². The zero-order chi connectivity index (χ0) is 26.4. The Hall–Kier alpha value is -2.52. The Kier molecular flexibility index (Phi) is 5.41. The van der Waals surface area contributed by atoms with Crippen molar-refractivity contribution in [3.8, 4) is 0 Å². The molecule has 9 heteroatoms. The normalized spacial score (nSPS) is 45.2. The summed E-state index contributed by atoms with van der Waals surface area (Å²) in [6.45, 7) is 12.2. The summed E-state index contributed by atoms with van der Waals surface area (Å²) in [5, 5.41) is 9.88. The summed E-state index contributed by atoms with van der Waals surface area (Å²) in [5.74, 6) is -2.18. The number of aliphatic hydroxyl groups is 1. The fourth-order valence-electron chi connectivity index (χ4n) is 8.06. The first-order chi connectivity index (χ1) is 16.7. The second-order valence-corrected chi connectivity index (χ2v) is 12.0. The van der Waals surface area contributed by atoms with Crippen LogP contribution in [0.2, 0.25) is 0 Å². The Bertz CT molecular complexity index is 1100. The molecule has 196 valence electrons. The monoisotopic (exact) mass is 502 g/mol. The van der Waals surface area contributed by atoms with E-state index in [-0.39, 0.29) is 48.4 Å². The second-order valence-electron chi connectivity index (χ2n) is 12.0. The van der Waals surface area contributed by atoms with Gasteiger partial charge in [-0.1, -0.05) is 34.3 Å². The summed E-state index contributed by atoms with van der Waals surface area (Å²) in [5.41, 5.74) is -2.62. The number of esters is 3. The number of fused-ring (bicyclic) bond motifs is 3. The van der Waals surface area contributed by atoms with Crippen LogP contribution in [0.25, 0.3) is 0 Å². The van der Waals surface area contributed by atoms with Crippen LogP contribution < -0.4 is 0 Å².